The zero-order chi connectivity index (χ0) is 14.8. The molecule has 0 spiro atoms. The summed E-state index contributed by atoms with van der Waals surface area (Å²) in [4.78, 5) is -0.00716. The number of sulfonamides is 1. The number of nitrogens with one attached hydrogen (secondary N) is 1. The molecule has 1 saturated carbocycles. The van der Waals surface area contributed by atoms with Crippen molar-refractivity contribution < 1.29 is 13.5 Å². The molecule has 0 bridgehead atoms. The third-order valence-electron chi connectivity index (χ3n) is 3.72. The van der Waals surface area contributed by atoms with E-state index in [4.69, 9.17) is 17.3 Å². The number of nitrogen functional groups attached to an aromatic ring is 1. The van der Waals surface area contributed by atoms with Crippen LogP contribution in [0.3, 0.4) is 0 Å². The number of benzene rings is 1. The Kier molecular flexibility index (Phi) is 4.90. The van der Waals surface area contributed by atoms with E-state index < -0.39 is 10.0 Å². The number of halogens is 1. The van der Waals surface area contributed by atoms with Gasteiger partial charge in [-0.1, -0.05) is 24.4 Å². The molecule has 0 saturated heterocycles. The molecule has 0 aromatic heterocycles. The highest BCUT2D eigenvalue weighted by Crippen LogP contribution is 2.27. The van der Waals surface area contributed by atoms with Gasteiger partial charge in [-0.15, -0.1) is 0 Å². The second kappa shape index (κ2) is 6.30. The van der Waals surface area contributed by atoms with Gasteiger partial charge in [0.2, 0.25) is 10.0 Å². The van der Waals surface area contributed by atoms with E-state index in [1.165, 1.54) is 12.1 Å². The molecule has 2 atom stereocenters. The molecule has 0 aliphatic heterocycles. The van der Waals surface area contributed by atoms with E-state index in [1.54, 1.807) is 6.07 Å². The van der Waals surface area contributed by atoms with Crippen LogP contribution in [0.1, 0.15) is 25.7 Å². The van der Waals surface area contributed by atoms with Crippen LogP contribution >= 0.6 is 11.6 Å². The van der Waals surface area contributed by atoms with Crippen LogP contribution in [0.2, 0.25) is 5.02 Å². The summed E-state index contributed by atoms with van der Waals surface area (Å²) in [5.74, 6) is -0.0427. The van der Waals surface area contributed by atoms with Crippen LogP contribution in [0.5, 0.6) is 0 Å². The average Bonchev–Trinajstić information content (AvgIpc) is 2.41. The summed E-state index contributed by atoms with van der Waals surface area (Å²) in [6, 6.07) is 4.11. The third-order valence-corrected chi connectivity index (χ3v) is 5.50. The van der Waals surface area contributed by atoms with Crippen LogP contribution in [-0.2, 0) is 10.0 Å². The van der Waals surface area contributed by atoms with Crippen molar-refractivity contribution in [1.29, 1.82) is 0 Å². The Labute approximate surface area is 124 Å². The Balaban J connectivity index is 2.24. The van der Waals surface area contributed by atoms with Crippen LogP contribution < -0.4 is 10.5 Å². The molecule has 1 aliphatic carbocycles. The van der Waals surface area contributed by atoms with E-state index in [2.05, 4.69) is 4.72 Å². The van der Waals surface area contributed by atoms with Crippen LogP contribution in [0.15, 0.2) is 23.1 Å². The molecular formula is C13H19ClN2O3S. The predicted molar refractivity (Wildman–Crippen MR) is 79.0 cm³/mol. The largest absolute Gasteiger partial charge is 0.398 e. The molecule has 1 aliphatic rings. The number of nitrogens with two attached hydrogens (primary N) is 1. The van der Waals surface area contributed by atoms with Gasteiger partial charge in [-0.25, -0.2) is 13.1 Å². The van der Waals surface area contributed by atoms with Gasteiger partial charge < -0.3 is 10.8 Å². The molecule has 2 unspecified atom stereocenters. The van der Waals surface area contributed by atoms with Crippen LogP contribution in [0.4, 0.5) is 5.69 Å². The molecule has 20 heavy (non-hydrogen) atoms. The normalized spacial score (nSPS) is 23.7. The van der Waals surface area contributed by atoms with Crippen molar-refractivity contribution in [3.8, 4) is 0 Å². The number of aliphatic hydroxyl groups is 1. The van der Waals surface area contributed by atoms with Gasteiger partial charge in [-0.05, 0) is 37.0 Å². The van der Waals surface area contributed by atoms with Gasteiger partial charge in [0.05, 0.1) is 5.69 Å². The molecule has 0 amide bonds. The van der Waals surface area contributed by atoms with Crippen molar-refractivity contribution in [2.75, 3.05) is 12.3 Å². The van der Waals surface area contributed by atoms with E-state index in [0.29, 0.717) is 5.02 Å². The number of aliphatic hydroxyl groups excluding tert-OH is 1. The van der Waals surface area contributed by atoms with E-state index in [9.17, 15) is 13.5 Å². The summed E-state index contributed by atoms with van der Waals surface area (Å²) in [5.41, 5.74) is 5.89. The summed E-state index contributed by atoms with van der Waals surface area (Å²) in [5, 5.41) is 9.67. The minimum atomic E-state index is -3.73. The molecule has 1 aromatic carbocycles. The van der Waals surface area contributed by atoms with Gasteiger partial charge >= 0.3 is 0 Å². The Bertz CT molecular complexity index is 577. The fraction of sp³-hybridized carbons (Fsp3) is 0.538. The highest BCUT2D eigenvalue weighted by Gasteiger charge is 2.29. The van der Waals surface area contributed by atoms with Gasteiger partial charge in [0.15, 0.2) is 0 Å². The maximum atomic E-state index is 12.4. The first kappa shape index (κ1) is 15.6. The Morgan fingerprint density at radius 2 is 2.05 bits per heavy atom. The molecule has 1 fully saturated rings. The van der Waals surface area contributed by atoms with Crippen molar-refractivity contribution in [1.82, 2.24) is 4.72 Å². The zero-order valence-electron chi connectivity index (χ0n) is 11.0. The first-order valence-electron chi connectivity index (χ1n) is 6.62. The van der Waals surface area contributed by atoms with Crippen molar-refractivity contribution in [3.63, 3.8) is 0 Å². The fourth-order valence-electron chi connectivity index (χ4n) is 2.59. The van der Waals surface area contributed by atoms with E-state index in [-0.39, 0.29) is 29.1 Å². The average molecular weight is 319 g/mol. The fourth-order valence-corrected chi connectivity index (χ4v) is 4.32. The summed E-state index contributed by atoms with van der Waals surface area (Å²) in [6.45, 7) is -0.0157. The highest BCUT2D eigenvalue weighted by molar-refractivity contribution is 7.89. The highest BCUT2D eigenvalue weighted by atomic mass is 35.5. The first-order chi connectivity index (χ1) is 9.44. The smallest absolute Gasteiger partial charge is 0.242 e. The lowest BCUT2D eigenvalue weighted by Gasteiger charge is -2.30. The monoisotopic (exact) mass is 318 g/mol. The maximum absolute atomic E-state index is 12.4. The summed E-state index contributed by atoms with van der Waals surface area (Å²) < 4.78 is 27.5. The first-order valence-corrected chi connectivity index (χ1v) is 8.48. The SMILES string of the molecule is Nc1ccc(Cl)cc1S(=O)(=O)NC1CCCCC1CO. The quantitative estimate of drug-likeness (QED) is 0.737. The van der Waals surface area contributed by atoms with Crippen molar-refractivity contribution in [2.45, 2.75) is 36.6 Å². The lowest BCUT2D eigenvalue weighted by molar-refractivity contribution is 0.164. The molecule has 4 N–H and O–H groups in total. The minimum Gasteiger partial charge on any atom is -0.398 e. The number of hydrogen-bond acceptors (Lipinski definition) is 4. The Morgan fingerprint density at radius 3 is 2.75 bits per heavy atom. The molecule has 0 heterocycles. The van der Waals surface area contributed by atoms with Crippen molar-refractivity contribution >= 4 is 27.3 Å². The standard InChI is InChI=1S/C13H19ClN2O3S/c14-10-5-6-11(15)13(7-10)20(18,19)16-12-4-2-1-3-9(12)8-17/h5-7,9,12,16-17H,1-4,8,15H2. The number of rotatable bonds is 4. The zero-order valence-corrected chi connectivity index (χ0v) is 12.6. The second-order valence-corrected chi connectivity index (χ2v) is 7.26. The summed E-state index contributed by atoms with van der Waals surface area (Å²) in [6.07, 6.45) is 3.52. The number of anilines is 1. The molecule has 2 rings (SSSR count). The van der Waals surface area contributed by atoms with Crippen LogP contribution in [-0.4, -0.2) is 26.2 Å². The van der Waals surface area contributed by atoms with Gasteiger partial charge in [0.25, 0.3) is 0 Å². The Hall–Kier alpha value is -0.820. The minimum absolute atomic E-state index is 0.00716. The molecular weight excluding hydrogens is 300 g/mol. The van der Waals surface area contributed by atoms with Crippen LogP contribution in [0, 0.1) is 5.92 Å². The summed E-state index contributed by atoms with van der Waals surface area (Å²) in [7, 11) is -3.73. The molecule has 112 valence electrons. The number of hydrogen-bond donors (Lipinski definition) is 3. The third kappa shape index (κ3) is 3.44. The van der Waals surface area contributed by atoms with Gasteiger partial charge in [-0.2, -0.15) is 0 Å². The van der Waals surface area contributed by atoms with Crippen LogP contribution in [0.25, 0.3) is 0 Å². The van der Waals surface area contributed by atoms with Crippen molar-refractivity contribution in [3.05, 3.63) is 23.2 Å². The lowest BCUT2D eigenvalue weighted by Crippen LogP contribution is -2.43. The van der Waals surface area contributed by atoms with E-state index in [1.807, 2.05) is 0 Å². The lowest BCUT2D eigenvalue weighted by atomic mass is 9.86. The molecule has 1 aromatic rings. The second-order valence-electron chi connectivity index (χ2n) is 5.14. The van der Waals surface area contributed by atoms with E-state index in [0.717, 1.165) is 25.7 Å². The van der Waals surface area contributed by atoms with Gasteiger partial charge in [0, 0.05) is 17.7 Å². The maximum Gasteiger partial charge on any atom is 0.242 e. The molecule has 7 heteroatoms. The Morgan fingerprint density at radius 1 is 1.35 bits per heavy atom. The summed E-state index contributed by atoms with van der Waals surface area (Å²) >= 11 is 5.83. The van der Waals surface area contributed by atoms with E-state index >= 15 is 0 Å². The molecule has 0 radical (unpaired) electrons. The topological polar surface area (TPSA) is 92.4 Å². The molecule has 5 nitrogen and oxygen atoms in total. The van der Waals surface area contributed by atoms with Crippen molar-refractivity contribution in [2.24, 2.45) is 5.92 Å². The van der Waals surface area contributed by atoms with Gasteiger partial charge in [0.1, 0.15) is 4.90 Å². The predicted octanol–water partition coefficient (Wildman–Crippen LogP) is 1.75. The van der Waals surface area contributed by atoms with Gasteiger partial charge in [-0.3, -0.25) is 0 Å².